The van der Waals surface area contributed by atoms with E-state index in [0.29, 0.717) is 47.5 Å². The third-order valence-corrected chi connectivity index (χ3v) is 9.08. The number of fused-ring (bicyclic) bond motifs is 1. The van der Waals surface area contributed by atoms with E-state index < -0.39 is 17.1 Å². The minimum Gasteiger partial charge on any atom is -0.352 e. The second-order valence-electron chi connectivity index (χ2n) is 10.2. The number of aromatic nitrogens is 4. The number of nitrogens with one attached hydrogen (secondary N) is 2. The molecule has 0 saturated carbocycles. The second-order valence-corrected chi connectivity index (χ2v) is 12.0. The van der Waals surface area contributed by atoms with E-state index in [-0.39, 0.29) is 11.4 Å². The number of amides is 1. The van der Waals surface area contributed by atoms with Crippen molar-refractivity contribution >= 4 is 40.9 Å². The molecule has 2 N–H and O–H groups in total. The molecule has 2 aromatic carbocycles. The molecule has 11 heteroatoms. The van der Waals surface area contributed by atoms with Gasteiger partial charge < -0.3 is 14.9 Å². The van der Waals surface area contributed by atoms with Crippen LogP contribution in [0.2, 0.25) is 10.0 Å². The van der Waals surface area contributed by atoms with E-state index in [4.69, 9.17) is 28.2 Å². The highest BCUT2D eigenvalue weighted by Crippen LogP contribution is 2.40. The van der Waals surface area contributed by atoms with Crippen LogP contribution >= 0.6 is 35.0 Å². The maximum atomic E-state index is 14.5. The third-order valence-electron chi connectivity index (χ3n) is 7.34. The molecule has 1 atom stereocenters. The Kier molecular flexibility index (Phi) is 9.50. The van der Waals surface area contributed by atoms with Crippen molar-refractivity contribution in [3.8, 4) is 0 Å². The van der Waals surface area contributed by atoms with Gasteiger partial charge in [-0.2, -0.15) is 0 Å². The molecule has 0 spiro atoms. The van der Waals surface area contributed by atoms with Crippen molar-refractivity contribution in [2.45, 2.75) is 43.2 Å². The van der Waals surface area contributed by atoms with Gasteiger partial charge in [0.2, 0.25) is 0 Å². The number of benzene rings is 2. The van der Waals surface area contributed by atoms with Gasteiger partial charge in [0.25, 0.3) is 5.91 Å². The highest BCUT2D eigenvalue weighted by atomic mass is 35.5. The summed E-state index contributed by atoms with van der Waals surface area (Å²) in [6.45, 7) is 2.86. The summed E-state index contributed by atoms with van der Waals surface area (Å²) in [7, 11) is 0. The number of hydrogen-bond acceptors (Lipinski definition) is 4. The van der Waals surface area contributed by atoms with Crippen molar-refractivity contribution in [3.63, 3.8) is 0 Å². The Hall–Kier alpha value is -3.40. The van der Waals surface area contributed by atoms with Crippen molar-refractivity contribution in [2.24, 2.45) is 0 Å². The smallest absolute Gasteiger partial charge is 0.254 e. The number of imidazole rings is 2. The van der Waals surface area contributed by atoms with E-state index in [9.17, 15) is 13.6 Å². The molecule has 3 heterocycles. The van der Waals surface area contributed by atoms with Gasteiger partial charge in [-0.3, -0.25) is 4.79 Å². The zero-order valence-electron chi connectivity index (χ0n) is 22.8. The Morgan fingerprint density at radius 2 is 2.00 bits per heavy atom. The highest BCUT2D eigenvalue weighted by Gasteiger charge is 2.33. The zero-order chi connectivity index (χ0) is 29.7. The standard InChI is InChI=1S/C31H29Cl2F2N5OS/c1-31(21-5-6-25(32)26(33)14-21)10-8-22(34)3-2-12-40-28(31)16-38-29(40)18-42-17-20-4-7-27(35)24(13-20)30(41)37-11-9-23-15-36-19-39-23/h2-8,13-16,19H,9-12,17-18H2,1H3,(H,36,39)(H,37,41)/b3-2-,22-8+. The van der Waals surface area contributed by atoms with Crippen molar-refractivity contribution in [1.29, 1.82) is 0 Å². The summed E-state index contributed by atoms with van der Waals surface area (Å²) in [5.74, 6) is 0.610. The van der Waals surface area contributed by atoms with Gasteiger partial charge in [0.05, 0.1) is 27.7 Å². The van der Waals surface area contributed by atoms with Gasteiger partial charge in [-0.25, -0.2) is 18.7 Å². The summed E-state index contributed by atoms with van der Waals surface area (Å²) in [6, 6.07) is 10.1. The van der Waals surface area contributed by atoms with Crippen molar-refractivity contribution in [3.05, 3.63) is 129 Å². The number of halogens is 4. The van der Waals surface area contributed by atoms with Gasteiger partial charge >= 0.3 is 0 Å². The van der Waals surface area contributed by atoms with E-state index in [1.807, 2.05) is 25.3 Å². The minimum absolute atomic E-state index is 0.0111. The molecule has 1 aliphatic rings. The number of nitrogens with zero attached hydrogens (tertiary/aromatic N) is 3. The van der Waals surface area contributed by atoms with Crippen LogP contribution in [0.25, 0.3) is 0 Å². The Labute approximate surface area is 257 Å². The SMILES string of the molecule is CC1(c2ccc(Cl)c(Cl)c2)C/C=C(F)\C=C/Cn2c1cnc2CSCc1ccc(F)c(C(=O)NCCc2cnc[nH]2)c1. The van der Waals surface area contributed by atoms with E-state index in [1.54, 1.807) is 54.6 Å². The predicted octanol–water partition coefficient (Wildman–Crippen LogP) is 7.58. The first kappa shape index (κ1) is 30.1. The first-order valence-electron chi connectivity index (χ1n) is 13.4. The normalized spacial score (nSPS) is 18.7. The molecule has 0 radical (unpaired) electrons. The summed E-state index contributed by atoms with van der Waals surface area (Å²) >= 11 is 14.1. The number of rotatable bonds is 9. The number of aromatic amines is 1. The van der Waals surface area contributed by atoms with E-state index in [0.717, 1.165) is 28.3 Å². The Morgan fingerprint density at radius 1 is 1.14 bits per heavy atom. The van der Waals surface area contributed by atoms with Crippen LogP contribution in [0.5, 0.6) is 0 Å². The Balaban J connectivity index is 1.30. The number of carbonyl (C=O) groups is 1. The summed E-state index contributed by atoms with van der Waals surface area (Å²) in [5, 5.41) is 3.66. The van der Waals surface area contributed by atoms with Gasteiger partial charge in [-0.05, 0) is 60.9 Å². The quantitative estimate of drug-likeness (QED) is 0.201. The van der Waals surface area contributed by atoms with E-state index in [2.05, 4.69) is 19.9 Å². The average molecular weight is 629 g/mol. The lowest BCUT2D eigenvalue weighted by Gasteiger charge is -2.30. The molecular formula is C31H29Cl2F2N5OS. The van der Waals surface area contributed by atoms with Gasteiger partial charge in [0, 0.05) is 54.5 Å². The van der Waals surface area contributed by atoms with Crippen LogP contribution in [-0.4, -0.2) is 32.0 Å². The Bertz CT molecular complexity index is 1640. The predicted molar refractivity (Wildman–Crippen MR) is 164 cm³/mol. The van der Waals surface area contributed by atoms with Crippen LogP contribution in [0.15, 0.2) is 79.2 Å². The maximum Gasteiger partial charge on any atom is 0.254 e. The molecule has 6 nitrogen and oxygen atoms in total. The van der Waals surface area contributed by atoms with E-state index >= 15 is 0 Å². The molecule has 0 bridgehead atoms. The van der Waals surface area contributed by atoms with Crippen LogP contribution in [-0.2, 0) is 29.9 Å². The van der Waals surface area contributed by atoms with Crippen LogP contribution in [0.4, 0.5) is 8.78 Å². The van der Waals surface area contributed by atoms with Crippen LogP contribution in [0.1, 0.15) is 52.0 Å². The molecule has 1 aliphatic heterocycles. The van der Waals surface area contributed by atoms with E-state index in [1.165, 1.54) is 12.1 Å². The summed E-state index contributed by atoms with van der Waals surface area (Å²) < 4.78 is 31.1. The number of carbonyl (C=O) groups excluding carboxylic acids is 1. The monoisotopic (exact) mass is 627 g/mol. The lowest BCUT2D eigenvalue weighted by molar-refractivity contribution is 0.0950. The molecule has 42 heavy (non-hydrogen) atoms. The molecule has 218 valence electrons. The lowest BCUT2D eigenvalue weighted by atomic mass is 9.76. The van der Waals surface area contributed by atoms with Gasteiger partial charge in [0.1, 0.15) is 17.5 Å². The molecular weight excluding hydrogens is 599 g/mol. The van der Waals surface area contributed by atoms with Crippen molar-refractivity contribution in [1.82, 2.24) is 24.8 Å². The number of allylic oxidation sites excluding steroid dienone is 4. The van der Waals surface area contributed by atoms with Gasteiger partial charge in [-0.1, -0.05) is 41.4 Å². The molecule has 4 aromatic rings. The molecule has 2 aromatic heterocycles. The number of hydrogen-bond donors (Lipinski definition) is 2. The molecule has 0 saturated heterocycles. The topological polar surface area (TPSA) is 75.6 Å². The maximum absolute atomic E-state index is 14.5. The largest absolute Gasteiger partial charge is 0.352 e. The molecule has 0 fully saturated rings. The first-order valence-corrected chi connectivity index (χ1v) is 15.3. The average Bonchev–Trinajstić information content (AvgIpc) is 3.65. The van der Waals surface area contributed by atoms with Crippen LogP contribution < -0.4 is 5.32 Å². The molecule has 1 unspecified atom stereocenters. The van der Waals surface area contributed by atoms with Crippen molar-refractivity contribution in [2.75, 3.05) is 6.54 Å². The van der Waals surface area contributed by atoms with Crippen molar-refractivity contribution < 1.29 is 13.6 Å². The number of H-pyrrole nitrogens is 1. The molecule has 5 rings (SSSR count). The third kappa shape index (κ3) is 6.80. The van der Waals surface area contributed by atoms with Crippen LogP contribution in [0.3, 0.4) is 0 Å². The summed E-state index contributed by atoms with van der Waals surface area (Å²) in [5.41, 5.74) is 2.95. The second kappa shape index (κ2) is 13.3. The van der Waals surface area contributed by atoms with Gasteiger partial charge in [0.15, 0.2) is 0 Å². The Morgan fingerprint density at radius 3 is 2.79 bits per heavy atom. The lowest BCUT2D eigenvalue weighted by Crippen LogP contribution is -2.27. The highest BCUT2D eigenvalue weighted by molar-refractivity contribution is 7.97. The molecule has 0 aliphatic carbocycles. The number of thioether (sulfide) groups is 1. The van der Waals surface area contributed by atoms with Gasteiger partial charge in [-0.15, -0.1) is 11.8 Å². The fourth-order valence-electron chi connectivity index (χ4n) is 4.95. The minimum atomic E-state index is -0.607. The zero-order valence-corrected chi connectivity index (χ0v) is 25.2. The summed E-state index contributed by atoms with van der Waals surface area (Å²) in [4.78, 5) is 24.3. The first-order chi connectivity index (χ1) is 20.2. The van der Waals surface area contributed by atoms with Crippen LogP contribution in [0, 0.1) is 5.82 Å². The fraction of sp³-hybridized carbons (Fsp3) is 0.258. The fourth-order valence-corrected chi connectivity index (χ4v) is 6.18. The molecule has 1 amide bonds. The summed E-state index contributed by atoms with van der Waals surface area (Å²) in [6.07, 6.45) is 10.9.